The topological polar surface area (TPSA) is 61.8 Å². The van der Waals surface area contributed by atoms with Gasteiger partial charge in [0, 0.05) is 12.2 Å². The standard InChI is InChI=1S/C12H15N3/c13-8-10-3-4-11(7-12(10)14)15-6-5-9-1-2-9/h3-4,7,9,15H,1-2,5-6,14H2. The molecule has 1 aromatic carbocycles. The van der Waals surface area contributed by atoms with Crippen LogP contribution in [0.2, 0.25) is 0 Å². The number of benzene rings is 1. The Kier molecular flexibility index (Phi) is 2.77. The van der Waals surface area contributed by atoms with Gasteiger partial charge in [-0.3, -0.25) is 0 Å². The molecule has 78 valence electrons. The average molecular weight is 201 g/mol. The number of nitrogens with one attached hydrogen (secondary N) is 1. The lowest BCUT2D eigenvalue weighted by Crippen LogP contribution is -2.03. The lowest BCUT2D eigenvalue weighted by molar-refractivity contribution is 0.760. The first-order chi connectivity index (χ1) is 7.29. The molecular weight excluding hydrogens is 186 g/mol. The first-order valence-electron chi connectivity index (χ1n) is 5.33. The molecule has 0 aliphatic heterocycles. The minimum absolute atomic E-state index is 0.544. The number of hydrogen-bond donors (Lipinski definition) is 2. The Balaban J connectivity index is 1.90. The molecule has 1 aliphatic rings. The second-order valence-electron chi connectivity index (χ2n) is 4.07. The monoisotopic (exact) mass is 201 g/mol. The summed E-state index contributed by atoms with van der Waals surface area (Å²) in [7, 11) is 0. The van der Waals surface area contributed by atoms with E-state index in [4.69, 9.17) is 11.0 Å². The van der Waals surface area contributed by atoms with Gasteiger partial charge in [-0.25, -0.2) is 0 Å². The second-order valence-corrected chi connectivity index (χ2v) is 4.07. The van der Waals surface area contributed by atoms with Gasteiger partial charge >= 0.3 is 0 Å². The van der Waals surface area contributed by atoms with E-state index < -0.39 is 0 Å². The Hall–Kier alpha value is -1.69. The lowest BCUT2D eigenvalue weighted by atomic mass is 10.2. The Bertz CT molecular complexity index is 388. The van der Waals surface area contributed by atoms with Gasteiger partial charge in [-0.2, -0.15) is 5.26 Å². The number of nitrogens with zero attached hydrogens (tertiary/aromatic N) is 1. The van der Waals surface area contributed by atoms with Gasteiger partial charge in [-0.1, -0.05) is 12.8 Å². The number of anilines is 2. The summed E-state index contributed by atoms with van der Waals surface area (Å²) in [6.45, 7) is 0.996. The summed E-state index contributed by atoms with van der Waals surface area (Å²) in [4.78, 5) is 0. The third-order valence-electron chi connectivity index (χ3n) is 2.75. The van der Waals surface area contributed by atoms with Gasteiger partial charge in [0.05, 0.1) is 11.3 Å². The molecule has 3 nitrogen and oxygen atoms in total. The van der Waals surface area contributed by atoms with Crippen LogP contribution in [0.25, 0.3) is 0 Å². The molecule has 3 N–H and O–H groups in total. The van der Waals surface area contributed by atoms with Crippen LogP contribution < -0.4 is 11.1 Å². The highest BCUT2D eigenvalue weighted by Crippen LogP contribution is 2.32. The lowest BCUT2D eigenvalue weighted by Gasteiger charge is -2.07. The summed E-state index contributed by atoms with van der Waals surface area (Å²) in [5, 5.41) is 12.0. The fourth-order valence-electron chi connectivity index (χ4n) is 1.60. The van der Waals surface area contributed by atoms with Crippen LogP contribution in [-0.2, 0) is 0 Å². The molecule has 0 amide bonds. The van der Waals surface area contributed by atoms with Crippen LogP contribution in [0.3, 0.4) is 0 Å². The Morgan fingerprint density at radius 1 is 1.47 bits per heavy atom. The second kappa shape index (κ2) is 4.22. The highest BCUT2D eigenvalue weighted by atomic mass is 14.9. The Labute approximate surface area is 89.9 Å². The van der Waals surface area contributed by atoms with Gasteiger partial charge in [0.1, 0.15) is 6.07 Å². The van der Waals surface area contributed by atoms with E-state index in [2.05, 4.69) is 11.4 Å². The predicted octanol–water partition coefficient (Wildman–Crippen LogP) is 2.35. The molecular formula is C12H15N3. The summed E-state index contributed by atoms with van der Waals surface area (Å²) in [5.41, 5.74) is 7.81. The summed E-state index contributed by atoms with van der Waals surface area (Å²) in [5.74, 6) is 0.938. The Morgan fingerprint density at radius 2 is 2.27 bits per heavy atom. The number of nitrogens with two attached hydrogens (primary N) is 1. The molecule has 0 bridgehead atoms. The normalized spacial score (nSPS) is 14.6. The van der Waals surface area contributed by atoms with E-state index in [1.54, 1.807) is 6.07 Å². The fourth-order valence-corrected chi connectivity index (χ4v) is 1.60. The van der Waals surface area contributed by atoms with Gasteiger partial charge in [0.2, 0.25) is 0 Å². The number of nitrogen functional groups attached to an aromatic ring is 1. The predicted molar refractivity (Wildman–Crippen MR) is 61.4 cm³/mol. The van der Waals surface area contributed by atoms with Gasteiger partial charge in [-0.05, 0) is 30.5 Å². The Morgan fingerprint density at radius 3 is 2.87 bits per heavy atom. The SMILES string of the molecule is N#Cc1ccc(NCCC2CC2)cc1N. The van der Waals surface area contributed by atoms with E-state index in [9.17, 15) is 0 Å². The molecule has 15 heavy (non-hydrogen) atoms. The summed E-state index contributed by atoms with van der Waals surface area (Å²) in [6, 6.07) is 7.54. The van der Waals surface area contributed by atoms with Crippen LogP contribution in [0.4, 0.5) is 11.4 Å². The highest BCUT2D eigenvalue weighted by molar-refractivity contribution is 5.62. The van der Waals surface area contributed by atoms with Crippen LogP contribution in [0.15, 0.2) is 18.2 Å². The van der Waals surface area contributed by atoms with Crippen molar-refractivity contribution in [2.75, 3.05) is 17.6 Å². The zero-order valence-corrected chi connectivity index (χ0v) is 8.66. The molecule has 2 rings (SSSR count). The van der Waals surface area contributed by atoms with Crippen molar-refractivity contribution < 1.29 is 0 Å². The summed E-state index contributed by atoms with van der Waals surface area (Å²) in [6.07, 6.45) is 4.01. The van der Waals surface area contributed by atoms with Crippen molar-refractivity contribution >= 4 is 11.4 Å². The minimum Gasteiger partial charge on any atom is -0.398 e. The smallest absolute Gasteiger partial charge is 0.101 e. The van der Waals surface area contributed by atoms with Gasteiger partial charge in [0.15, 0.2) is 0 Å². The van der Waals surface area contributed by atoms with E-state index in [1.807, 2.05) is 12.1 Å². The molecule has 0 saturated heterocycles. The van der Waals surface area contributed by atoms with Crippen LogP contribution in [0.1, 0.15) is 24.8 Å². The third kappa shape index (κ3) is 2.63. The van der Waals surface area contributed by atoms with Crippen LogP contribution in [0, 0.1) is 17.2 Å². The molecule has 1 fully saturated rings. The van der Waals surface area contributed by atoms with E-state index in [0.29, 0.717) is 11.3 Å². The molecule has 0 aromatic heterocycles. The summed E-state index contributed by atoms with van der Waals surface area (Å²) >= 11 is 0. The molecule has 0 radical (unpaired) electrons. The van der Waals surface area contributed by atoms with Crippen molar-refractivity contribution in [3.8, 4) is 6.07 Å². The van der Waals surface area contributed by atoms with E-state index in [-0.39, 0.29) is 0 Å². The largest absolute Gasteiger partial charge is 0.398 e. The van der Waals surface area contributed by atoms with Gasteiger partial charge in [-0.15, -0.1) is 0 Å². The van der Waals surface area contributed by atoms with E-state index in [0.717, 1.165) is 18.2 Å². The van der Waals surface area contributed by atoms with Gasteiger partial charge in [0.25, 0.3) is 0 Å². The molecule has 1 saturated carbocycles. The van der Waals surface area contributed by atoms with Crippen LogP contribution in [-0.4, -0.2) is 6.54 Å². The first kappa shape index (κ1) is 9.85. The highest BCUT2D eigenvalue weighted by Gasteiger charge is 2.20. The van der Waals surface area contributed by atoms with Crippen LogP contribution in [0.5, 0.6) is 0 Å². The molecule has 0 atom stereocenters. The number of nitriles is 1. The third-order valence-corrected chi connectivity index (χ3v) is 2.75. The van der Waals surface area contributed by atoms with Crippen molar-refractivity contribution in [3.05, 3.63) is 23.8 Å². The van der Waals surface area contributed by atoms with Crippen molar-refractivity contribution in [3.63, 3.8) is 0 Å². The minimum atomic E-state index is 0.544. The molecule has 3 heteroatoms. The van der Waals surface area contributed by atoms with E-state index in [1.165, 1.54) is 19.3 Å². The van der Waals surface area contributed by atoms with Crippen molar-refractivity contribution in [2.45, 2.75) is 19.3 Å². The molecule has 0 spiro atoms. The van der Waals surface area contributed by atoms with Crippen molar-refractivity contribution in [1.29, 1.82) is 5.26 Å². The maximum absolute atomic E-state index is 8.72. The maximum atomic E-state index is 8.72. The molecule has 0 unspecified atom stereocenters. The number of rotatable bonds is 4. The zero-order chi connectivity index (χ0) is 10.7. The molecule has 0 heterocycles. The molecule has 1 aliphatic carbocycles. The van der Waals surface area contributed by atoms with E-state index >= 15 is 0 Å². The summed E-state index contributed by atoms with van der Waals surface area (Å²) < 4.78 is 0. The maximum Gasteiger partial charge on any atom is 0.101 e. The fraction of sp³-hybridized carbons (Fsp3) is 0.417. The molecule has 1 aromatic rings. The van der Waals surface area contributed by atoms with Gasteiger partial charge < -0.3 is 11.1 Å². The number of hydrogen-bond acceptors (Lipinski definition) is 3. The van der Waals surface area contributed by atoms with Crippen molar-refractivity contribution in [2.24, 2.45) is 5.92 Å². The van der Waals surface area contributed by atoms with Crippen molar-refractivity contribution in [1.82, 2.24) is 0 Å². The quantitative estimate of drug-likeness (QED) is 0.735. The first-order valence-corrected chi connectivity index (χ1v) is 5.33. The van der Waals surface area contributed by atoms with Crippen LogP contribution >= 0.6 is 0 Å². The zero-order valence-electron chi connectivity index (χ0n) is 8.66. The average Bonchev–Trinajstić information content (AvgIpc) is 3.02.